The van der Waals surface area contributed by atoms with Gasteiger partial charge in [-0.2, -0.15) is 24.3 Å². The van der Waals surface area contributed by atoms with E-state index in [9.17, 15) is 0 Å². The van der Waals surface area contributed by atoms with Crippen LogP contribution in [0.3, 0.4) is 0 Å². The number of hydrogen-bond donors (Lipinski definition) is 0. The molecule has 0 saturated heterocycles. The summed E-state index contributed by atoms with van der Waals surface area (Å²) >= 11 is 0. The normalized spacial score (nSPS) is 10.4. The molecule has 22 heavy (non-hydrogen) atoms. The predicted octanol–water partition coefficient (Wildman–Crippen LogP) is 5.21. The van der Waals surface area contributed by atoms with Crippen LogP contribution in [0.4, 0.5) is 0 Å². The van der Waals surface area contributed by atoms with Gasteiger partial charge in [-0.15, -0.1) is 69.1 Å². The van der Waals surface area contributed by atoms with Crippen LogP contribution in [0.5, 0.6) is 0 Å². The number of rotatable bonds is 3. The van der Waals surface area contributed by atoms with Crippen molar-refractivity contribution in [2.45, 2.75) is 12.8 Å². The van der Waals surface area contributed by atoms with Gasteiger partial charge in [-0.05, 0) is 0 Å². The summed E-state index contributed by atoms with van der Waals surface area (Å²) in [6.45, 7) is 0. The second-order valence-corrected chi connectivity index (χ2v) is 5.39. The smallest absolute Gasteiger partial charge is 0 e. The molecule has 0 N–H and O–H groups in total. The van der Waals surface area contributed by atoms with Gasteiger partial charge in [0, 0.05) is 52.4 Å². The Bertz CT molecular complexity index is 793. The zero-order valence-corrected chi connectivity index (χ0v) is 17.3. The summed E-state index contributed by atoms with van der Waals surface area (Å²) in [5.74, 6) is 0. The quantitative estimate of drug-likeness (QED) is 0.385. The summed E-state index contributed by atoms with van der Waals surface area (Å²) in [6.07, 6.45) is 2.21. The van der Waals surface area contributed by atoms with E-state index in [2.05, 4.69) is 72.8 Å². The molecule has 4 aromatic rings. The average Bonchev–Trinajstić information content (AvgIpc) is 3.13. The van der Waals surface area contributed by atoms with Crippen LogP contribution in [0.1, 0.15) is 11.1 Å². The maximum absolute atomic E-state index is 2.26. The number of hydrogen-bond acceptors (Lipinski definition) is 0. The number of aryl methyl sites for hydroxylation is 2. The Labute approximate surface area is 169 Å². The summed E-state index contributed by atoms with van der Waals surface area (Å²) < 4.78 is 0. The Kier molecular flexibility index (Phi) is 6.31. The molecule has 0 fully saturated rings. The van der Waals surface area contributed by atoms with Crippen LogP contribution in [-0.4, -0.2) is 0 Å². The zero-order valence-electron chi connectivity index (χ0n) is 12.3. The minimum Gasteiger partial charge on any atom is -0.168 e. The van der Waals surface area contributed by atoms with Crippen molar-refractivity contribution in [1.29, 1.82) is 0 Å². The third-order valence-corrected chi connectivity index (χ3v) is 4.20. The Hall–Kier alpha value is -0.574. The second-order valence-electron chi connectivity index (χ2n) is 5.39. The standard InChI is InChI=1S/C20H16.2Zr/c1-5-15-9-3-11-19(15)17(7-1)13-14-18-8-2-6-16-10-4-12-20(16)18;;/h1-12H,13-14H2;;/q-2;;. The Morgan fingerprint density at radius 1 is 0.591 bits per heavy atom. The van der Waals surface area contributed by atoms with Gasteiger partial charge in [0.25, 0.3) is 0 Å². The van der Waals surface area contributed by atoms with Gasteiger partial charge in [0.1, 0.15) is 0 Å². The molecule has 0 saturated carbocycles. The van der Waals surface area contributed by atoms with Crippen LogP contribution in [-0.2, 0) is 65.2 Å². The van der Waals surface area contributed by atoms with Crippen LogP contribution in [0, 0.1) is 0 Å². The molecular weight excluding hydrogens is 423 g/mol. The van der Waals surface area contributed by atoms with E-state index in [-0.39, 0.29) is 52.4 Å². The first-order valence-electron chi connectivity index (χ1n) is 7.18. The number of fused-ring (bicyclic) bond motifs is 2. The fourth-order valence-electron chi connectivity index (χ4n) is 3.16. The number of benzene rings is 2. The van der Waals surface area contributed by atoms with Gasteiger partial charge in [-0.25, -0.2) is 0 Å². The molecule has 106 valence electrons. The van der Waals surface area contributed by atoms with Gasteiger partial charge in [-0.1, -0.05) is 25.0 Å². The average molecular weight is 439 g/mol. The first-order chi connectivity index (χ1) is 9.92. The third-order valence-electron chi connectivity index (χ3n) is 4.20. The maximum Gasteiger partial charge on any atom is 0 e. The fraction of sp³-hybridized carbons (Fsp3) is 0.100. The minimum absolute atomic E-state index is 0. The largest absolute Gasteiger partial charge is 0.168 e. The SMILES string of the molecule is [Zr].[Zr].c1cc(CCc2cccc3cc[cH-]c23)c2[cH-]ccc2c1. The molecule has 0 amide bonds. The molecule has 0 aliphatic carbocycles. The summed E-state index contributed by atoms with van der Waals surface area (Å²) in [5, 5.41) is 5.52. The molecule has 4 rings (SSSR count). The molecule has 0 aliphatic heterocycles. The molecular formula is C20H16Zr2-2. The summed E-state index contributed by atoms with van der Waals surface area (Å²) in [6, 6.07) is 26.4. The van der Waals surface area contributed by atoms with E-state index in [4.69, 9.17) is 0 Å². The van der Waals surface area contributed by atoms with Crippen molar-refractivity contribution in [3.05, 3.63) is 83.9 Å². The minimum atomic E-state index is 0. The molecule has 2 heteroatoms. The van der Waals surface area contributed by atoms with Crippen molar-refractivity contribution in [1.82, 2.24) is 0 Å². The molecule has 0 heterocycles. The van der Waals surface area contributed by atoms with Gasteiger partial charge >= 0.3 is 0 Å². The molecule has 4 aromatic carbocycles. The van der Waals surface area contributed by atoms with Crippen LogP contribution in [0.25, 0.3) is 21.5 Å². The second kappa shape index (κ2) is 7.81. The van der Waals surface area contributed by atoms with Gasteiger partial charge in [0.15, 0.2) is 0 Å². The van der Waals surface area contributed by atoms with Gasteiger partial charge in [-0.3, -0.25) is 0 Å². The van der Waals surface area contributed by atoms with Crippen molar-refractivity contribution in [3.8, 4) is 0 Å². The molecule has 0 aliphatic rings. The Morgan fingerprint density at radius 2 is 1.05 bits per heavy atom. The van der Waals surface area contributed by atoms with Crippen molar-refractivity contribution in [3.63, 3.8) is 0 Å². The van der Waals surface area contributed by atoms with Crippen molar-refractivity contribution in [2.75, 3.05) is 0 Å². The van der Waals surface area contributed by atoms with Crippen LogP contribution < -0.4 is 0 Å². The van der Waals surface area contributed by atoms with Gasteiger partial charge in [0.2, 0.25) is 0 Å². The van der Waals surface area contributed by atoms with E-state index in [1.54, 1.807) is 0 Å². The van der Waals surface area contributed by atoms with Crippen LogP contribution >= 0.6 is 0 Å². The summed E-state index contributed by atoms with van der Waals surface area (Å²) in [4.78, 5) is 0. The first kappa shape index (κ1) is 17.8. The fourth-order valence-corrected chi connectivity index (χ4v) is 3.16. The monoisotopic (exact) mass is 436 g/mol. The van der Waals surface area contributed by atoms with E-state index < -0.39 is 0 Å². The Morgan fingerprint density at radius 3 is 1.50 bits per heavy atom. The van der Waals surface area contributed by atoms with Crippen molar-refractivity contribution in [2.24, 2.45) is 0 Å². The summed E-state index contributed by atoms with van der Waals surface area (Å²) in [7, 11) is 0. The maximum atomic E-state index is 2.26. The Balaban J connectivity index is 0.000000882. The van der Waals surface area contributed by atoms with Gasteiger partial charge < -0.3 is 0 Å². The molecule has 0 atom stereocenters. The molecule has 0 unspecified atom stereocenters. The van der Waals surface area contributed by atoms with E-state index in [1.807, 2.05) is 0 Å². The zero-order chi connectivity index (χ0) is 13.4. The predicted molar refractivity (Wildman–Crippen MR) is 86.5 cm³/mol. The first-order valence-corrected chi connectivity index (χ1v) is 7.18. The van der Waals surface area contributed by atoms with E-state index >= 15 is 0 Å². The van der Waals surface area contributed by atoms with Crippen LogP contribution in [0.2, 0.25) is 0 Å². The summed E-state index contributed by atoms with van der Waals surface area (Å²) in [5.41, 5.74) is 2.91. The van der Waals surface area contributed by atoms with Crippen molar-refractivity contribution < 1.29 is 52.4 Å². The van der Waals surface area contributed by atoms with Crippen LogP contribution in [0.15, 0.2) is 72.8 Å². The molecule has 0 bridgehead atoms. The third kappa shape index (κ3) is 3.34. The topological polar surface area (TPSA) is 0 Å². The molecule has 0 aromatic heterocycles. The van der Waals surface area contributed by atoms with E-state index in [0.29, 0.717) is 0 Å². The van der Waals surface area contributed by atoms with E-state index in [1.165, 1.54) is 32.7 Å². The van der Waals surface area contributed by atoms with Gasteiger partial charge in [0.05, 0.1) is 0 Å². The van der Waals surface area contributed by atoms with E-state index in [0.717, 1.165) is 12.8 Å². The molecule has 0 nitrogen and oxygen atoms in total. The van der Waals surface area contributed by atoms with Crippen molar-refractivity contribution >= 4 is 21.5 Å². The molecule has 0 radical (unpaired) electrons. The molecule has 0 spiro atoms.